The molecule has 0 amide bonds. The van der Waals surface area contributed by atoms with Gasteiger partial charge in [0.1, 0.15) is 5.82 Å². The van der Waals surface area contributed by atoms with Gasteiger partial charge in [-0.25, -0.2) is 4.39 Å². The molecule has 0 saturated heterocycles. The molecule has 3 nitrogen and oxygen atoms in total. The quantitative estimate of drug-likeness (QED) is 0.809. The molecule has 0 heterocycles. The molecule has 4 heteroatoms. The molecule has 14 heavy (non-hydrogen) atoms. The van der Waals surface area contributed by atoms with Crippen LogP contribution in [0.5, 0.6) is 11.5 Å². The number of benzene rings is 1. The molecule has 0 saturated carbocycles. The van der Waals surface area contributed by atoms with Gasteiger partial charge in [-0.3, -0.25) is 0 Å². The van der Waals surface area contributed by atoms with E-state index in [1.807, 2.05) is 0 Å². The highest BCUT2D eigenvalue weighted by Gasteiger charge is 2.13. The van der Waals surface area contributed by atoms with Crippen molar-refractivity contribution < 1.29 is 19.0 Å². The molecule has 1 atom stereocenters. The van der Waals surface area contributed by atoms with Crippen LogP contribution in [0.1, 0.15) is 18.6 Å². The molecule has 1 aromatic rings. The van der Waals surface area contributed by atoms with Crippen LogP contribution in [-0.4, -0.2) is 19.3 Å². The van der Waals surface area contributed by atoms with E-state index in [2.05, 4.69) is 0 Å². The number of ether oxygens (including phenoxy) is 2. The van der Waals surface area contributed by atoms with Crippen molar-refractivity contribution in [2.75, 3.05) is 14.2 Å². The van der Waals surface area contributed by atoms with Crippen molar-refractivity contribution in [2.45, 2.75) is 13.0 Å². The zero-order chi connectivity index (χ0) is 10.7. The van der Waals surface area contributed by atoms with Gasteiger partial charge in [-0.15, -0.1) is 0 Å². The average molecular weight is 200 g/mol. The molecule has 0 aliphatic rings. The largest absolute Gasteiger partial charge is 0.493 e. The summed E-state index contributed by atoms with van der Waals surface area (Å²) in [6.07, 6.45) is -0.866. The number of halogens is 1. The third-order valence-corrected chi connectivity index (χ3v) is 1.95. The molecule has 78 valence electrons. The summed E-state index contributed by atoms with van der Waals surface area (Å²) in [4.78, 5) is 0. The maximum absolute atomic E-state index is 13.3. The topological polar surface area (TPSA) is 38.7 Å². The third-order valence-electron chi connectivity index (χ3n) is 1.95. The van der Waals surface area contributed by atoms with E-state index in [0.29, 0.717) is 11.5 Å². The Morgan fingerprint density at radius 2 is 1.71 bits per heavy atom. The summed E-state index contributed by atoms with van der Waals surface area (Å²) in [7, 11) is 2.89. The van der Waals surface area contributed by atoms with Crippen molar-refractivity contribution in [3.63, 3.8) is 0 Å². The number of methoxy groups -OCH3 is 2. The van der Waals surface area contributed by atoms with Crippen molar-refractivity contribution in [3.05, 3.63) is 23.5 Å². The van der Waals surface area contributed by atoms with Crippen LogP contribution < -0.4 is 9.47 Å². The van der Waals surface area contributed by atoms with Gasteiger partial charge in [0.2, 0.25) is 0 Å². The Bertz CT molecular complexity index is 323. The van der Waals surface area contributed by atoms with Crippen molar-refractivity contribution in [1.29, 1.82) is 0 Å². The fourth-order valence-corrected chi connectivity index (χ4v) is 1.19. The first-order valence-electron chi connectivity index (χ1n) is 4.19. The average Bonchev–Trinajstić information content (AvgIpc) is 2.16. The minimum absolute atomic E-state index is 0.197. The lowest BCUT2D eigenvalue weighted by Crippen LogP contribution is -1.99. The van der Waals surface area contributed by atoms with E-state index in [-0.39, 0.29) is 5.56 Å². The molecule has 1 rings (SSSR count). The van der Waals surface area contributed by atoms with Gasteiger partial charge in [0, 0.05) is 11.6 Å². The summed E-state index contributed by atoms with van der Waals surface area (Å²) < 4.78 is 23.2. The van der Waals surface area contributed by atoms with Crippen LogP contribution in [0, 0.1) is 5.82 Å². The minimum Gasteiger partial charge on any atom is -0.493 e. The fourth-order valence-electron chi connectivity index (χ4n) is 1.19. The molecule has 0 aliphatic heterocycles. The van der Waals surface area contributed by atoms with Gasteiger partial charge >= 0.3 is 0 Å². The highest BCUT2D eigenvalue weighted by molar-refractivity contribution is 5.44. The standard InChI is InChI=1S/C10H13FO3/c1-6(12)7-4-9(13-2)10(14-3)5-8(7)11/h4-6,12H,1-3H3/t6-/m1/s1. The van der Waals surface area contributed by atoms with Crippen LogP contribution in [0.15, 0.2) is 12.1 Å². The molecule has 0 fully saturated rings. The van der Waals surface area contributed by atoms with Crippen LogP contribution >= 0.6 is 0 Å². The van der Waals surface area contributed by atoms with E-state index < -0.39 is 11.9 Å². The van der Waals surface area contributed by atoms with E-state index in [1.165, 1.54) is 33.3 Å². The first-order valence-corrected chi connectivity index (χ1v) is 4.19. The van der Waals surface area contributed by atoms with Gasteiger partial charge in [0.05, 0.1) is 20.3 Å². The van der Waals surface area contributed by atoms with Crippen molar-refractivity contribution >= 4 is 0 Å². The van der Waals surface area contributed by atoms with Gasteiger partial charge in [-0.05, 0) is 13.0 Å². The summed E-state index contributed by atoms with van der Waals surface area (Å²) in [5.41, 5.74) is 0.197. The predicted octanol–water partition coefficient (Wildman–Crippen LogP) is 1.90. The Hall–Kier alpha value is -1.29. The lowest BCUT2D eigenvalue weighted by molar-refractivity contribution is 0.193. The van der Waals surface area contributed by atoms with E-state index in [0.717, 1.165) is 0 Å². The second kappa shape index (κ2) is 4.28. The van der Waals surface area contributed by atoms with Gasteiger partial charge in [0.25, 0.3) is 0 Å². The molecular formula is C10H13FO3. The molecule has 0 aromatic heterocycles. The lowest BCUT2D eigenvalue weighted by Gasteiger charge is -2.12. The monoisotopic (exact) mass is 200 g/mol. The smallest absolute Gasteiger partial charge is 0.163 e. The third kappa shape index (κ3) is 1.96. The number of aliphatic hydroxyl groups excluding tert-OH is 1. The van der Waals surface area contributed by atoms with Gasteiger partial charge in [-0.2, -0.15) is 0 Å². The number of aliphatic hydroxyl groups is 1. The maximum Gasteiger partial charge on any atom is 0.163 e. The van der Waals surface area contributed by atoms with E-state index in [9.17, 15) is 9.50 Å². The minimum atomic E-state index is -0.866. The number of rotatable bonds is 3. The molecule has 1 aromatic carbocycles. The molecule has 0 spiro atoms. The van der Waals surface area contributed by atoms with Crippen LogP contribution in [0.25, 0.3) is 0 Å². The fraction of sp³-hybridized carbons (Fsp3) is 0.400. The van der Waals surface area contributed by atoms with Gasteiger partial charge in [-0.1, -0.05) is 0 Å². The normalized spacial score (nSPS) is 12.4. The molecule has 1 N–H and O–H groups in total. The summed E-state index contributed by atoms with van der Waals surface area (Å²) in [6.45, 7) is 1.49. The Labute approximate surface area is 82.1 Å². The second-order valence-electron chi connectivity index (χ2n) is 2.90. The predicted molar refractivity (Wildman–Crippen MR) is 50.1 cm³/mol. The maximum atomic E-state index is 13.3. The Morgan fingerprint density at radius 1 is 1.21 bits per heavy atom. The second-order valence-corrected chi connectivity index (χ2v) is 2.90. The Morgan fingerprint density at radius 3 is 2.14 bits per heavy atom. The van der Waals surface area contributed by atoms with Gasteiger partial charge < -0.3 is 14.6 Å². The Balaban J connectivity index is 3.23. The molecular weight excluding hydrogens is 187 g/mol. The summed E-state index contributed by atoms with van der Waals surface area (Å²) in [6, 6.07) is 2.62. The van der Waals surface area contributed by atoms with Gasteiger partial charge in [0.15, 0.2) is 11.5 Å². The van der Waals surface area contributed by atoms with E-state index in [1.54, 1.807) is 0 Å². The van der Waals surface area contributed by atoms with Crippen molar-refractivity contribution in [1.82, 2.24) is 0 Å². The zero-order valence-electron chi connectivity index (χ0n) is 8.37. The summed E-state index contributed by atoms with van der Waals surface area (Å²) in [5.74, 6) is 0.219. The van der Waals surface area contributed by atoms with Crippen molar-refractivity contribution in [2.24, 2.45) is 0 Å². The molecule has 0 bridgehead atoms. The zero-order valence-corrected chi connectivity index (χ0v) is 8.37. The van der Waals surface area contributed by atoms with E-state index >= 15 is 0 Å². The molecule has 0 unspecified atom stereocenters. The first kappa shape index (κ1) is 10.8. The highest BCUT2D eigenvalue weighted by Crippen LogP contribution is 2.32. The first-order chi connectivity index (χ1) is 6.60. The Kier molecular flexibility index (Phi) is 3.30. The highest BCUT2D eigenvalue weighted by atomic mass is 19.1. The number of hydrogen-bond acceptors (Lipinski definition) is 3. The summed E-state index contributed by atoms with van der Waals surface area (Å²) >= 11 is 0. The van der Waals surface area contributed by atoms with Crippen LogP contribution in [0.3, 0.4) is 0 Å². The summed E-state index contributed by atoms with van der Waals surface area (Å²) in [5, 5.41) is 9.25. The van der Waals surface area contributed by atoms with Crippen LogP contribution in [0.2, 0.25) is 0 Å². The van der Waals surface area contributed by atoms with E-state index in [4.69, 9.17) is 9.47 Å². The van der Waals surface area contributed by atoms with Crippen LogP contribution in [-0.2, 0) is 0 Å². The van der Waals surface area contributed by atoms with Crippen LogP contribution in [0.4, 0.5) is 4.39 Å². The SMILES string of the molecule is COc1cc(F)c([C@@H](C)O)cc1OC. The lowest BCUT2D eigenvalue weighted by atomic mass is 10.1. The molecule has 0 radical (unpaired) electrons. The number of hydrogen-bond donors (Lipinski definition) is 1. The van der Waals surface area contributed by atoms with Crippen molar-refractivity contribution in [3.8, 4) is 11.5 Å². The molecule has 0 aliphatic carbocycles.